The zero-order chi connectivity index (χ0) is 26.7. The number of carbonyl (C=O) groups is 2. The number of fused-ring (bicyclic) bond motifs is 1. The minimum Gasteiger partial charge on any atom is -0.274 e. The van der Waals surface area contributed by atoms with E-state index in [9.17, 15) is 9.59 Å². The first-order valence-electron chi connectivity index (χ1n) is 13.1. The average Bonchev–Trinajstić information content (AvgIpc) is 3.56. The SMILES string of the molecule is O=C1c2ccccc2C(=O)N1CCCCc1nnn(C(c2ccccc2)(c2ccccc2)c2ccccc2)n1. The van der Waals surface area contributed by atoms with Gasteiger partial charge >= 0.3 is 0 Å². The number of unbranched alkanes of at least 4 members (excludes halogenated alkanes) is 1. The Labute approximate surface area is 226 Å². The van der Waals surface area contributed by atoms with Crippen LogP contribution in [-0.2, 0) is 12.0 Å². The molecule has 0 N–H and O–H groups in total. The van der Waals surface area contributed by atoms with E-state index in [0.717, 1.165) is 16.7 Å². The third kappa shape index (κ3) is 4.32. The third-order valence-corrected chi connectivity index (χ3v) is 7.24. The third-order valence-electron chi connectivity index (χ3n) is 7.24. The lowest BCUT2D eigenvalue weighted by Crippen LogP contribution is -2.39. The monoisotopic (exact) mass is 513 g/mol. The van der Waals surface area contributed by atoms with E-state index >= 15 is 0 Å². The summed E-state index contributed by atoms with van der Waals surface area (Å²) in [6.07, 6.45) is 1.95. The highest BCUT2D eigenvalue weighted by molar-refractivity contribution is 6.21. The van der Waals surface area contributed by atoms with Gasteiger partial charge in [-0.25, -0.2) is 0 Å². The van der Waals surface area contributed by atoms with E-state index in [2.05, 4.69) is 46.7 Å². The summed E-state index contributed by atoms with van der Waals surface area (Å²) >= 11 is 0. The number of imide groups is 1. The molecule has 2 amide bonds. The Morgan fingerprint density at radius 1 is 0.590 bits per heavy atom. The number of tetrazole rings is 1. The molecule has 0 radical (unpaired) electrons. The molecule has 7 heteroatoms. The molecule has 0 spiro atoms. The van der Waals surface area contributed by atoms with E-state index in [1.54, 1.807) is 29.1 Å². The van der Waals surface area contributed by atoms with Gasteiger partial charge < -0.3 is 0 Å². The summed E-state index contributed by atoms with van der Waals surface area (Å²) < 4.78 is 0. The fourth-order valence-electron chi connectivity index (χ4n) is 5.37. The van der Waals surface area contributed by atoms with Gasteiger partial charge in [0.05, 0.1) is 11.1 Å². The minimum absolute atomic E-state index is 0.224. The molecule has 7 nitrogen and oxygen atoms in total. The van der Waals surface area contributed by atoms with Crippen LogP contribution in [0.4, 0.5) is 0 Å². The molecule has 39 heavy (non-hydrogen) atoms. The zero-order valence-corrected chi connectivity index (χ0v) is 21.4. The largest absolute Gasteiger partial charge is 0.274 e. The van der Waals surface area contributed by atoms with Gasteiger partial charge in [0.2, 0.25) is 0 Å². The summed E-state index contributed by atoms with van der Waals surface area (Å²) in [4.78, 5) is 28.4. The zero-order valence-electron chi connectivity index (χ0n) is 21.4. The van der Waals surface area contributed by atoms with Crippen LogP contribution in [0.25, 0.3) is 0 Å². The maximum Gasteiger partial charge on any atom is 0.261 e. The van der Waals surface area contributed by atoms with Crippen LogP contribution in [0.2, 0.25) is 0 Å². The van der Waals surface area contributed by atoms with Gasteiger partial charge in [-0.2, -0.15) is 0 Å². The Morgan fingerprint density at radius 3 is 1.54 bits per heavy atom. The van der Waals surface area contributed by atoms with Gasteiger partial charge in [0.15, 0.2) is 11.4 Å². The molecule has 0 bridgehead atoms. The predicted molar refractivity (Wildman–Crippen MR) is 147 cm³/mol. The molecule has 1 aliphatic rings. The molecule has 0 saturated carbocycles. The Hall–Kier alpha value is -4.91. The van der Waals surface area contributed by atoms with E-state index in [-0.39, 0.29) is 11.8 Å². The second-order valence-electron chi connectivity index (χ2n) is 9.57. The van der Waals surface area contributed by atoms with Gasteiger partial charge in [-0.3, -0.25) is 14.5 Å². The lowest BCUT2D eigenvalue weighted by atomic mass is 9.77. The van der Waals surface area contributed by atoms with Crippen molar-refractivity contribution in [1.29, 1.82) is 0 Å². The quantitative estimate of drug-likeness (QED) is 0.155. The summed E-state index contributed by atoms with van der Waals surface area (Å²) in [5, 5.41) is 13.9. The summed E-state index contributed by atoms with van der Waals surface area (Å²) in [7, 11) is 0. The highest BCUT2D eigenvalue weighted by Crippen LogP contribution is 2.39. The maximum atomic E-state index is 12.7. The van der Waals surface area contributed by atoms with Crippen LogP contribution in [0.3, 0.4) is 0 Å². The van der Waals surface area contributed by atoms with Crippen LogP contribution in [-0.4, -0.2) is 43.5 Å². The van der Waals surface area contributed by atoms with Gasteiger partial charge in [-0.15, -0.1) is 15.0 Å². The number of aromatic nitrogens is 4. The second-order valence-corrected chi connectivity index (χ2v) is 9.57. The maximum absolute atomic E-state index is 12.7. The Kier molecular flexibility index (Phi) is 6.55. The van der Waals surface area contributed by atoms with E-state index in [1.165, 1.54) is 4.90 Å². The van der Waals surface area contributed by atoms with Crippen molar-refractivity contribution in [3.8, 4) is 0 Å². The smallest absolute Gasteiger partial charge is 0.261 e. The molecule has 0 aliphatic carbocycles. The van der Waals surface area contributed by atoms with E-state index in [0.29, 0.717) is 42.8 Å². The van der Waals surface area contributed by atoms with Crippen molar-refractivity contribution in [2.24, 2.45) is 0 Å². The van der Waals surface area contributed by atoms with Gasteiger partial charge in [0.1, 0.15) is 0 Å². The summed E-state index contributed by atoms with van der Waals surface area (Å²) in [5.41, 5.74) is 3.22. The number of aryl methyl sites for hydroxylation is 1. The first-order valence-corrected chi connectivity index (χ1v) is 13.1. The van der Waals surface area contributed by atoms with Gasteiger partial charge in [-0.1, -0.05) is 103 Å². The number of nitrogens with zero attached hydrogens (tertiary/aromatic N) is 5. The fraction of sp³-hybridized carbons (Fsp3) is 0.156. The number of hydrogen-bond acceptors (Lipinski definition) is 5. The van der Waals surface area contributed by atoms with Crippen LogP contribution in [0.1, 0.15) is 56.1 Å². The minimum atomic E-state index is -0.810. The van der Waals surface area contributed by atoms with Gasteiger partial charge in [0.25, 0.3) is 11.8 Å². The summed E-state index contributed by atoms with van der Waals surface area (Å²) in [6.45, 7) is 0.364. The number of hydrogen-bond donors (Lipinski definition) is 0. The predicted octanol–water partition coefficient (Wildman–Crippen LogP) is 5.13. The van der Waals surface area contributed by atoms with Crippen LogP contribution in [0.5, 0.6) is 0 Å². The normalized spacial score (nSPS) is 13.1. The molecule has 1 aliphatic heterocycles. The first kappa shape index (κ1) is 24.4. The molecular formula is C32H27N5O2. The lowest BCUT2D eigenvalue weighted by Gasteiger charge is -2.34. The molecule has 6 rings (SSSR count). The van der Waals surface area contributed by atoms with Crippen molar-refractivity contribution in [3.05, 3.63) is 149 Å². The van der Waals surface area contributed by atoms with Crippen LogP contribution in [0.15, 0.2) is 115 Å². The van der Waals surface area contributed by atoms with Crippen molar-refractivity contribution >= 4 is 11.8 Å². The first-order chi connectivity index (χ1) is 19.2. The van der Waals surface area contributed by atoms with Crippen LogP contribution in [0, 0.1) is 0 Å². The standard InChI is InChI=1S/C32H27N5O2/c38-30-27-20-10-11-21-28(27)31(39)36(30)23-13-12-22-29-33-35-37(34-29)32(24-14-4-1-5-15-24,25-16-6-2-7-17-25)26-18-8-3-9-19-26/h1-11,14-21H,12-13,22-23H2. The summed E-state index contributed by atoms with van der Waals surface area (Å²) in [5.74, 6) is 0.167. The molecule has 0 fully saturated rings. The van der Waals surface area contributed by atoms with Crippen molar-refractivity contribution in [3.63, 3.8) is 0 Å². The molecule has 0 atom stereocenters. The second kappa shape index (κ2) is 10.5. The molecule has 1 aromatic heterocycles. The average molecular weight is 514 g/mol. The number of amides is 2. The highest BCUT2D eigenvalue weighted by atomic mass is 16.2. The van der Waals surface area contributed by atoms with Gasteiger partial charge in [0, 0.05) is 13.0 Å². The van der Waals surface area contributed by atoms with E-state index in [4.69, 9.17) is 5.10 Å². The molecule has 0 saturated heterocycles. The summed E-state index contributed by atoms with van der Waals surface area (Å²) in [6, 6.07) is 37.6. The molecule has 0 unspecified atom stereocenters. The van der Waals surface area contributed by atoms with Crippen molar-refractivity contribution in [2.75, 3.05) is 6.54 Å². The Morgan fingerprint density at radius 2 is 1.05 bits per heavy atom. The molecule has 5 aromatic rings. The molecule has 2 heterocycles. The van der Waals surface area contributed by atoms with E-state index < -0.39 is 5.54 Å². The number of carbonyl (C=O) groups excluding carboxylic acids is 2. The number of rotatable bonds is 9. The molecule has 192 valence electrons. The van der Waals surface area contributed by atoms with Gasteiger partial charge in [-0.05, 0) is 46.9 Å². The van der Waals surface area contributed by atoms with Crippen LogP contribution >= 0.6 is 0 Å². The molecular weight excluding hydrogens is 486 g/mol. The topological polar surface area (TPSA) is 81.0 Å². The van der Waals surface area contributed by atoms with E-state index in [1.807, 2.05) is 54.6 Å². The molecule has 4 aromatic carbocycles. The van der Waals surface area contributed by atoms with Crippen molar-refractivity contribution < 1.29 is 9.59 Å². The van der Waals surface area contributed by atoms with Crippen molar-refractivity contribution in [1.82, 2.24) is 25.1 Å². The highest BCUT2D eigenvalue weighted by Gasteiger charge is 2.41. The Balaban J connectivity index is 1.26. The lowest BCUT2D eigenvalue weighted by molar-refractivity contribution is 0.0651. The van der Waals surface area contributed by atoms with Crippen molar-refractivity contribution in [2.45, 2.75) is 24.8 Å². The number of benzene rings is 4. The fourth-order valence-corrected chi connectivity index (χ4v) is 5.37. The van der Waals surface area contributed by atoms with Crippen LogP contribution < -0.4 is 0 Å². The Bertz CT molecular complexity index is 1470.